The summed E-state index contributed by atoms with van der Waals surface area (Å²) in [6.45, 7) is 0.764. The number of imidazole rings is 1. The van der Waals surface area contributed by atoms with Gasteiger partial charge in [0.15, 0.2) is 0 Å². The highest BCUT2D eigenvalue weighted by atomic mass is 16.2. The Labute approximate surface area is 133 Å². The maximum Gasteiger partial charge on any atom is 0.326 e. The molecule has 0 fully saturated rings. The van der Waals surface area contributed by atoms with Crippen molar-refractivity contribution in [1.29, 1.82) is 0 Å². The van der Waals surface area contributed by atoms with E-state index in [1.165, 1.54) is 0 Å². The zero-order chi connectivity index (χ0) is 16.4. The lowest BCUT2D eigenvalue weighted by atomic mass is 10.1. The Kier molecular flexibility index (Phi) is 3.99. The molecule has 6 heteroatoms. The van der Waals surface area contributed by atoms with Crippen LogP contribution in [0.25, 0.3) is 11.0 Å². The third-order valence-electron chi connectivity index (χ3n) is 3.82. The fourth-order valence-corrected chi connectivity index (χ4v) is 2.60. The summed E-state index contributed by atoms with van der Waals surface area (Å²) in [4.78, 5) is 28.9. The zero-order valence-corrected chi connectivity index (χ0v) is 12.8. The second-order valence-corrected chi connectivity index (χ2v) is 5.30. The van der Waals surface area contributed by atoms with Crippen LogP contribution in [0.5, 0.6) is 0 Å². The fraction of sp³-hybridized carbons (Fsp3) is 0.176. The van der Waals surface area contributed by atoms with Crippen LogP contribution in [0, 0.1) is 0 Å². The number of aromatic amines is 1. The number of aromatic nitrogens is 2. The Morgan fingerprint density at radius 1 is 1.22 bits per heavy atom. The number of para-hydroxylation sites is 1. The van der Waals surface area contributed by atoms with Gasteiger partial charge in [-0.2, -0.15) is 0 Å². The summed E-state index contributed by atoms with van der Waals surface area (Å²) in [6.07, 6.45) is 0. The Hall–Kier alpha value is -2.86. The van der Waals surface area contributed by atoms with Gasteiger partial charge in [0.1, 0.15) is 0 Å². The number of fused-ring (bicyclic) bond motifs is 1. The molecule has 0 saturated heterocycles. The molecule has 0 saturated carbocycles. The maximum atomic E-state index is 12.7. The highest BCUT2D eigenvalue weighted by molar-refractivity contribution is 6.07. The number of benzene rings is 2. The van der Waals surface area contributed by atoms with Crippen molar-refractivity contribution in [3.05, 3.63) is 64.6 Å². The molecule has 3 aromatic rings. The Morgan fingerprint density at radius 2 is 1.96 bits per heavy atom. The van der Waals surface area contributed by atoms with Gasteiger partial charge in [0, 0.05) is 31.4 Å². The van der Waals surface area contributed by atoms with Crippen molar-refractivity contribution < 1.29 is 4.79 Å². The molecule has 3 rings (SSSR count). The average Bonchev–Trinajstić information content (AvgIpc) is 2.90. The van der Waals surface area contributed by atoms with E-state index in [9.17, 15) is 9.59 Å². The minimum absolute atomic E-state index is 0.133. The van der Waals surface area contributed by atoms with Gasteiger partial charge < -0.3 is 15.6 Å². The summed E-state index contributed by atoms with van der Waals surface area (Å²) >= 11 is 0. The molecule has 1 aromatic heterocycles. The van der Waals surface area contributed by atoms with E-state index < -0.39 is 0 Å². The minimum Gasteiger partial charge on any atom is -0.329 e. The molecular weight excluding hydrogens is 292 g/mol. The summed E-state index contributed by atoms with van der Waals surface area (Å²) < 4.78 is 1.55. The molecule has 118 valence electrons. The van der Waals surface area contributed by atoms with Crippen LogP contribution in [0.3, 0.4) is 0 Å². The maximum absolute atomic E-state index is 12.7. The number of amides is 1. The van der Waals surface area contributed by atoms with Crippen molar-refractivity contribution in [1.82, 2.24) is 9.55 Å². The second kappa shape index (κ2) is 6.10. The molecular formula is C17H18N4O2. The monoisotopic (exact) mass is 310 g/mol. The van der Waals surface area contributed by atoms with E-state index in [1.54, 1.807) is 34.7 Å². The number of carbonyl (C=O) groups is 1. The van der Waals surface area contributed by atoms with E-state index in [0.29, 0.717) is 29.7 Å². The van der Waals surface area contributed by atoms with Gasteiger partial charge in [0.2, 0.25) is 0 Å². The fourth-order valence-electron chi connectivity index (χ4n) is 2.60. The molecule has 1 heterocycles. The van der Waals surface area contributed by atoms with E-state index in [0.717, 1.165) is 5.69 Å². The van der Waals surface area contributed by atoms with E-state index in [4.69, 9.17) is 5.73 Å². The first-order chi connectivity index (χ1) is 11.1. The van der Waals surface area contributed by atoms with Crippen LogP contribution in [-0.2, 0) is 6.54 Å². The zero-order valence-electron chi connectivity index (χ0n) is 12.8. The molecule has 2 aromatic carbocycles. The van der Waals surface area contributed by atoms with Crippen LogP contribution < -0.4 is 16.3 Å². The smallest absolute Gasteiger partial charge is 0.326 e. The van der Waals surface area contributed by atoms with Crippen molar-refractivity contribution in [2.75, 3.05) is 18.5 Å². The lowest BCUT2D eigenvalue weighted by Crippen LogP contribution is -2.26. The molecule has 0 aliphatic heterocycles. The van der Waals surface area contributed by atoms with Crippen LogP contribution in [0.2, 0.25) is 0 Å². The predicted molar refractivity (Wildman–Crippen MR) is 90.8 cm³/mol. The molecule has 0 spiro atoms. The van der Waals surface area contributed by atoms with E-state index in [-0.39, 0.29) is 11.6 Å². The van der Waals surface area contributed by atoms with Crippen LogP contribution in [0.1, 0.15) is 10.4 Å². The quantitative estimate of drug-likeness (QED) is 0.767. The first-order valence-corrected chi connectivity index (χ1v) is 7.37. The topological polar surface area (TPSA) is 84.1 Å². The largest absolute Gasteiger partial charge is 0.329 e. The van der Waals surface area contributed by atoms with Crippen LogP contribution >= 0.6 is 0 Å². The summed E-state index contributed by atoms with van der Waals surface area (Å²) in [5.41, 5.74) is 8.05. The number of nitrogens with zero attached hydrogens (tertiary/aromatic N) is 2. The molecule has 0 aliphatic rings. The first kappa shape index (κ1) is 15.1. The molecule has 23 heavy (non-hydrogen) atoms. The number of nitrogens with one attached hydrogen (secondary N) is 1. The molecule has 6 nitrogen and oxygen atoms in total. The van der Waals surface area contributed by atoms with E-state index in [1.807, 2.05) is 30.3 Å². The molecule has 0 bridgehead atoms. The van der Waals surface area contributed by atoms with Gasteiger partial charge in [-0.3, -0.25) is 9.36 Å². The van der Waals surface area contributed by atoms with Crippen molar-refractivity contribution in [2.24, 2.45) is 5.73 Å². The molecule has 0 aliphatic carbocycles. The average molecular weight is 310 g/mol. The molecule has 1 amide bonds. The highest BCUT2D eigenvalue weighted by Gasteiger charge is 2.15. The van der Waals surface area contributed by atoms with Gasteiger partial charge in [0.05, 0.1) is 11.0 Å². The number of nitrogens with two attached hydrogens (primary N) is 1. The summed E-state index contributed by atoms with van der Waals surface area (Å²) in [5.74, 6) is -0.133. The van der Waals surface area contributed by atoms with Crippen LogP contribution in [-0.4, -0.2) is 29.1 Å². The third-order valence-corrected chi connectivity index (χ3v) is 3.82. The summed E-state index contributed by atoms with van der Waals surface area (Å²) in [5, 5.41) is 0. The van der Waals surface area contributed by atoms with Gasteiger partial charge in [0.25, 0.3) is 5.91 Å². The number of H-pyrrole nitrogens is 1. The van der Waals surface area contributed by atoms with Gasteiger partial charge in [-0.25, -0.2) is 4.79 Å². The standard InChI is InChI=1S/C17H18N4O2/c1-20(13-5-3-2-4-6-13)16(22)12-7-8-14-15(11-12)21(10-9-18)17(23)19-14/h2-8,11H,9-10,18H2,1H3,(H,19,23). The summed E-state index contributed by atoms with van der Waals surface area (Å²) in [7, 11) is 1.73. The van der Waals surface area contributed by atoms with Gasteiger partial charge >= 0.3 is 5.69 Å². The van der Waals surface area contributed by atoms with Gasteiger partial charge in [-0.1, -0.05) is 18.2 Å². The SMILES string of the molecule is CN(C(=O)c1ccc2[nH]c(=O)n(CCN)c2c1)c1ccccc1. The number of carbonyl (C=O) groups excluding carboxylic acids is 1. The van der Waals surface area contributed by atoms with Crippen molar-refractivity contribution >= 4 is 22.6 Å². The lowest BCUT2D eigenvalue weighted by molar-refractivity contribution is 0.0993. The normalized spacial score (nSPS) is 10.9. The van der Waals surface area contributed by atoms with Gasteiger partial charge in [-0.15, -0.1) is 0 Å². The third kappa shape index (κ3) is 2.76. The molecule has 3 N–H and O–H groups in total. The number of hydrogen-bond acceptors (Lipinski definition) is 3. The minimum atomic E-state index is -0.216. The molecule has 0 atom stereocenters. The van der Waals surface area contributed by atoms with E-state index >= 15 is 0 Å². The number of hydrogen-bond donors (Lipinski definition) is 2. The predicted octanol–water partition coefficient (Wildman–Crippen LogP) is 1.56. The number of anilines is 1. The molecule has 0 unspecified atom stereocenters. The Morgan fingerprint density at radius 3 is 2.65 bits per heavy atom. The number of rotatable bonds is 4. The Bertz CT molecular complexity index is 896. The van der Waals surface area contributed by atoms with Crippen molar-refractivity contribution in [2.45, 2.75) is 6.54 Å². The second-order valence-electron chi connectivity index (χ2n) is 5.30. The van der Waals surface area contributed by atoms with Crippen LogP contribution in [0.4, 0.5) is 5.69 Å². The molecule has 0 radical (unpaired) electrons. The summed E-state index contributed by atoms with van der Waals surface area (Å²) in [6, 6.07) is 14.6. The lowest BCUT2D eigenvalue weighted by Gasteiger charge is -2.17. The van der Waals surface area contributed by atoms with Crippen molar-refractivity contribution in [3.63, 3.8) is 0 Å². The highest BCUT2D eigenvalue weighted by Crippen LogP contribution is 2.18. The Balaban J connectivity index is 2.01. The van der Waals surface area contributed by atoms with Crippen molar-refractivity contribution in [3.8, 4) is 0 Å². The first-order valence-electron chi connectivity index (χ1n) is 7.37. The van der Waals surface area contributed by atoms with Crippen LogP contribution in [0.15, 0.2) is 53.3 Å². The van der Waals surface area contributed by atoms with Gasteiger partial charge in [-0.05, 0) is 30.3 Å². The van der Waals surface area contributed by atoms with E-state index in [2.05, 4.69) is 4.98 Å².